The summed E-state index contributed by atoms with van der Waals surface area (Å²) in [7, 11) is -3.32. The number of anilines is 1. The third-order valence-corrected chi connectivity index (χ3v) is 5.88. The number of halogens is 1. The molecule has 0 radical (unpaired) electrons. The van der Waals surface area contributed by atoms with Gasteiger partial charge in [0.25, 0.3) is 11.6 Å². The van der Waals surface area contributed by atoms with Crippen molar-refractivity contribution in [2.75, 3.05) is 17.7 Å². The first-order chi connectivity index (χ1) is 13.2. The van der Waals surface area contributed by atoms with Crippen molar-refractivity contribution in [1.82, 2.24) is 0 Å². The molecule has 0 aliphatic carbocycles. The SMILES string of the molecule is CS(=O)(=O)c1ccc2c(c1)CCCN2C(=O)C=Cc1ccc(Cl)c([N+](=O)[O-])c1. The minimum atomic E-state index is -3.32. The van der Waals surface area contributed by atoms with Crippen LogP contribution in [0.15, 0.2) is 47.4 Å². The molecule has 1 aliphatic heterocycles. The van der Waals surface area contributed by atoms with Gasteiger partial charge < -0.3 is 4.90 Å². The molecule has 2 aromatic rings. The highest BCUT2D eigenvalue weighted by Crippen LogP contribution is 2.30. The number of hydrogen-bond donors (Lipinski definition) is 0. The molecule has 0 saturated heterocycles. The van der Waals surface area contributed by atoms with Crippen molar-refractivity contribution in [2.45, 2.75) is 17.7 Å². The minimum absolute atomic E-state index is 0.0279. The van der Waals surface area contributed by atoms with Gasteiger partial charge in [0.1, 0.15) is 5.02 Å². The van der Waals surface area contributed by atoms with E-state index in [-0.39, 0.29) is 21.5 Å². The second-order valence-corrected chi connectivity index (χ2v) is 8.88. The predicted molar refractivity (Wildman–Crippen MR) is 107 cm³/mol. The molecular formula is C19H17ClN2O5S. The number of sulfone groups is 1. The average molecular weight is 421 g/mol. The zero-order valence-electron chi connectivity index (χ0n) is 15.0. The number of nitro groups is 1. The number of rotatable bonds is 4. The summed E-state index contributed by atoms with van der Waals surface area (Å²) < 4.78 is 23.5. The van der Waals surface area contributed by atoms with Gasteiger partial charge in [-0.05, 0) is 54.3 Å². The maximum atomic E-state index is 12.7. The molecule has 0 saturated carbocycles. The van der Waals surface area contributed by atoms with E-state index in [1.54, 1.807) is 23.1 Å². The minimum Gasteiger partial charge on any atom is -0.309 e. The van der Waals surface area contributed by atoms with E-state index in [4.69, 9.17) is 11.6 Å². The first-order valence-corrected chi connectivity index (χ1v) is 10.7. The normalized spacial score (nSPS) is 14.1. The molecule has 9 heteroatoms. The fourth-order valence-corrected chi connectivity index (χ4v) is 3.92. The van der Waals surface area contributed by atoms with E-state index in [1.807, 2.05) is 0 Å². The molecule has 3 rings (SSSR count). The van der Waals surface area contributed by atoms with E-state index < -0.39 is 14.8 Å². The molecule has 1 amide bonds. The third-order valence-electron chi connectivity index (χ3n) is 4.45. The van der Waals surface area contributed by atoms with Gasteiger partial charge in [-0.3, -0.25) is 14.9 Å². The van der Waals surface area contributed by atoms with Crippen molar-refractivity contribution >= 4 is 44.8 Å². The number of fused-ring (bicyclic) bond motifs is 1. The van der Waals surface area contributed by atoms with Crippen molar-refractivity contribution in [3.63, 3.8) is 0 Å². The Morgan fingerprint density at radius 3 is 2.68 bits per heavy atom. The van der Waals surface area contributed by atoms with Crippen LogP contribution in [-0.2, 0) is 21.1 Å². The van der Waals surface area contributed by atoms with Crippen LogP contribution >= 0.6 is 11.6 Å². The zero-order valence-corrected chi connectivity index (χ0v) is 16.5. The van der Waals surface area contributed by atoms with Gasteiger partial charge in [0.05, 0.1) is 9.82 Å². The van der Waals surface area contributed by atoms with E-state index in [0.717, 1.165) is 11.8 Å². The highest BCUT2D eigenvalue weighted by atomic mass is 35.5. The van der Waals surface area contributed by atoms with Gasteiger partial charge >= 0.3 is 0 Å². The van der Waals surface area contributed by atoms with Crippen LogP contribution in [0.25, 0.3) is 6.08 Å². The number of benzene rings is 2. The Kier molecular flexibility index (Phi) is 5.53. The van der Waals surface area contributed by atoms with Crippen molar-refractivity contribution in [1.29, 1.82) is 0 Å². The second kappa shape index (κ2) is 7.73. The Morgan fingerprint density at radius 1 is 1.25 bits per heavy atom. The van der Waals surface area contributed by atoms with Crippen LogP contribution in [0, 0.1) is 10.1 Å². The van der Waals surface area contributed by atoms with Gasteiger partial charge in [-0.15, -0.1) is 0 Å². The summed E-state index contributed by atoms with van der Waals surface area (Å²) in [6.07, 6.45) is 5.38. The van der Waals surface area contributed by atoms with Gasteiger partial charge in [-0.2, -0.15) is 0 Å². The Labute approximate surface area is 167 Å². The molecule has 0 bridgehead atoms. The fourth-order valence-electron chi connectivity index (χ4n) is 3.06. The number of hydrogen-bond acceptors (Lipinski definition) is 5. The topological polar surface area (TPSA) is 97.6 Å². The Balaban J connectivity index is 1.86. The zero-order chi connectivity index (χ0) is 20.5. The van der Waals surface area contributed by atoms with Gasteiger partial charge in [0.15, 0.2) is 9.84 Å². The Morgan fingerprint density at radius 2 is 2.00 bits per heavy atom. The van der Waals surface area contributed by atoms with Crippen LogP contribution in [-0.4, -0.2) is 32.0 Å². The quantitative estimate of drug-likeness (QED) is 0.427. The highest BCUT2D eigenvalue weighted by molar-refractivity contribution is 7.90. The lowest BCUT2D eigenvalue weighted by atomic mass is 10.0. The fraction of sp³-hybridized carbons (Fsp3) is 0.211. The van der Waals surface area contributed by atoms with Crippen LogP contribution < -0.4 is 4.90 Å². The molecule has 0 atom stereocenters. The van der Waals surface area contributed by atoms with E-state index in [2.05, 4.69) is 0 Å². The van der Waals surface area contributed by atoms with Crippen LogP contribution in [0.2, 0.25) is 5.02 Å². The second-order valence-electron chi connectivity index (χ2n) is 6.46. The van der Waals surface area contributed by atoms with Gasteiger partial charge in [0.2, 0.25) is 0 Å². The molecule has 0 fully saturated rings. The number of amides is 1. The molecule has 1 aliphatic rings. The molecule has 1 heterocycles. The molecule has 7 nitrogen and oxygen atoms in total. The molecule has 2 aromatic carbocycles. The summed E-state index contributed by atoms with van der Waals surface area (Å²) in [6.45, 7) is 0.509. The van der Waals surface area contributed by atoms with E-state index in [1.165, 1.54) is 30.4 Å². The van der Waals surface area contributed by atoms with Crippen molar-refractivity contribution < 1.29 is 18.1 Å². The first-order valence-electron chi connectivity index (χ1n) is 8.43. The number of carbonyl (C=O) groups excluding carboxylic acids is 1. The van der Waals surface area contributed by atoms with E-state index in [9.17, 15) is 23.3 Å². The lowest BCUT2D eigenvalue weighted by Gasteiger charge is -2.29. The smallest absolute Gasteiger partial charge is 0.288 e. The van der Waals surface area contributed by atoms with Crippen molar-refractivity contribution in [2.24, 2.45) is 0 Å². The third kappa shape index (κ3) is 4.23. The maximum Gasteiger partial charge on any atom is 0.288 e. The van der Waals surface area contributed by atoms with Crippen LogP contribution in [0.5, 0.6) is 0 Å². The summed E-state index contributed by atoms with van der Waals surface area (Å²) in [4.78, 5) is 24.9. The molecule has 0 unspecified atom stereocenters. The summed E-state index contributed by atoms with van der Waals surface area (Å²) >= 11 is 5.79. The first kappa shape index (κ1) is 20.0. The molecule has 0 N–H and O–H groups in total. The van der Waals surface area contributed by atoms with Gasteiger partial charge in [-0.25, -0.2) is 8.42 Å². The van der Waals surface area contributed by atoms with Crippen molar-refractivity contribution in [3.05, 3.63) is 68.7 Å². The summed E-state index contributed by atoms with van der Waals surface area (Å²) in [6, 6.07) is 9.04. The summed E-state index contributed by atoms with van der Waals surface area (Å²) in [5.41, 5.74) is 1.73. The average Bonchev–Trinajstić information content (AvgIpc) is 2.65. The molecule has 0 aromatic heterocycles. The van der Waals surface area contributed by atoms with Gasteiger partial charge in [-0.1, -0.05) is 17.7 Å². The summed E-state index contributed by atoms with van der Waals surface area (Å²) in [5, 5.41) is 11.0. The van der Waals surface area contributed by atoms with Crippen LogP contribution in [0.1, 0.15) is 17.5 Å². The number of nitro benzene ring substituents is 1. The predicted octanol–water partition coefficient (Wildman–Crippen LogP) is 3.64. The molecule has 146 valence electrons. The van der Waals surface area contributed by atoms with E-state index in [0.29, 0.717) is 30.6 Å². The van der Waals surface area contributed by atoms with Gasteiger partial charge in [0, 0.05) is 30.6 Å². The number of carbonyl (C=O) groups is 1. The molecular weight excluding hydrogens is 404 g/mol. The highest BCUT2D eigenvalue weighted by Gasteiger charge is 2.22. The maximum absolute atomic E-state index is 12.7. The Hall–Kier alpha value is -2.71. The Bertz CT molecular complexity index is 1100. The standard InChI is InChI=1S/C19H17ClN2O5S/c1-28(26,27)15-6-8-17-14(12-15)3-2-10-21(17)19(23)9-5-13-4-7-16(20)18(11-13)22(24)25/h4-9,11-12H,2-3,10H2,1H3. The lowest BCUT2D eigenvalue weighted by Crippen LogP contribution is -2.34. The van der Waals surface area contributed by atoms with Crippen LogP contribution in [0.3, 0.4) is 0 Å². The van der Waals surface area contributed by atoms with Crippen molar-refractivity contribution in [3.8, 4) is 0 Å². The molecule has 28 heavy (non-hydrogen) atoms. The largest absolute Gasteiger partial charge is 0.309 e. The van der Waals surface area contributed by atoms with E-state index >= 15 is 0 Å². The number of nitrogens with zero attached hydrogens (tertiary/aromatic N) is 2. The molecule has 0 spiro atoms. The number of aryl methyl sites for hydroxylation is 1. The van der Waals surface area contributed by atoms with Crippen LogP contribution in [0.4, 0.5) is 11.4 Å². The lowest BCUT2D eigenvalue weighted by molar-refractivity contribution is -0.384. The summed E-state index contributed by atoms with van der Waals surface area (Å²) in [5.74, 6) is -0.286. The monoisotopic (exact) mass is 420 g/mol.